The van der Waals surface area contributed by atoms with Gasteiger partial charge in [0.15, 0.2) is 11.5 Å². The van der Waals surface area contributed by atoms with E-state index in [1.165, 1.54) is 6.33 Å². The number of unbranched alkanes of at least 4 members (excludes halogenated alkanes) is 1. The second-order valence-corrected chi connectivity index (χ2v) is 12.0. The zero-order valence-corrected chi connectivity index (χ0v) is 23.6. The normalized spacial score (nSPS) is 15.4. The van der Waals surface area contributed by atoms with E-state index in [-0.39, 0.29) is 24.9 Å². The Hall–Kier alpha value is -2.60. The predicted octanol–water partition coefficient (Wildman–Crippen LogP) is 2.61. The summed E-state index contributed by atoms with van der Waals surface area (Å²) in [6, 6.07) is -0.914. The Morgan fingerprint density at radius 2 is 1.89 bits per heavy atom. The molecule has 0 aromatic carbocycles. The van der Waals surface area contributed by atoms with E-state index in [4.69, 9.17) is 19.9 Å². The van der Waals surface area contributed by atoms with E-state index in [9.17, 15) is 14.2 Å². The Bertz CT molecular complexity index is 1110. The van der Waals surface area contributed by atoms with Crippen LogP contribution >= 0.6 is 7.44 Å². The lowest BCUT2D eigenvalue weighted by Gasteiger charge is -2.32. The first kappa shape index (κ1) is 30.6. The van der Waals surface area contributed by atoms with Crippen molar-refractivity contribution in [1.82, 2.24) is 29.7 Å². The molecule has 0 aliphatic heterocycles. The van der Waals surface area contributed by atoms with E-state index in [1.54, 1.807) is 52.4 Å². The highest BCUT2D eigenvalue weighted by atomic mass is 31.2. The number of fused-ring (bicyclic) bond motifs is 1. The van der Waals surface area contributed by atoms with Crippen LogP contribution in [0, 0.1) is 0 Å². The van der Waals surface area contributed by atoms with Gasteiger partial charge < -0.3 is 24.5 Å². The molecule has 2 aromatic heterocycles. The van der Waals surface area contributed by atoms with Gasteiger partial charge in [0.2, 0.25) is 7.44 Å². The molecule has 0 amide bonds. The molecule has 37 heavy (non-hydrogen) atoms. The smallest absolute Gasteiger partial charge is 0.326 e. The maximum Gasteiger partial charge on any atom is 0.326 e. The molecule has 0 bridgehead atoms. The number of aromatic nitrogens is 4. The number of anilines is 1. The van der Waals surface area contributed by atoms with Crippen molar-refractivity contribution in [2.24, 2.45) is 0 Å². The fourth-order valence-electron chi connectivity index (χ4n) is 3.36. The van der Waals surface area contributed by atoms with Crippen molar-refractivity contribution in [1.29, 1.82) is 0 Å². The highest BCUT2D eigenvalue weighted by Crippen LogP contribution is 2.40. The topological polar surface area (TPSA) is 173 Å². The summed E-state index contributed by atoms with van der Waals surface area (Å²) >= 11 is 0. The maximum atomic E-state index is 14.0. The van der Waals surface area contributed by atoms with Crippen LogP contribution < -0.4 is 15.9 Å². The van der Waals surface area contributed by atoms with Crippen molar-refractivity contribution in [2.45, 2.75) is 91.6 Å². The standard InChI is InChI=1S/C23H40N7O6P/c1-8-9-10-34-21(31)17(5)28-37(33,29-23(6,7)22(32)36-15(2)3)14-35-16(4)11-30-13-27-18-19(24)25-12-26-20(18)30/h12-13,15-17H,8-11,14H2,1-7H3,(H2,24,25,26)(H2,28,29,33)/t16-,17-,37+/m1/s1. The van der Waals surface area contributed by atoms with Gasteiger partial charge in [0.05, 0.1) is 31.7 Å². The number of nitrogens with two attached hydrogens (primary N) is 1. The average molecular weight is 542 g/mol. The van der Waals surface area contributed by atoms with E-state index in [0.717, 1.165) is 12.8 Å². The molecule has 13 nitrogen and oxygen atoms in total. The number of hydrogen-bond acceptors (Lipinski definition) is 10. The third-order valence-corrected chi connectivity index (χ3v) is 7.47. The number of esters is 2. The SMILES string of the molecule is CCCCOC(=O)[C@@H](C)N[P@@](=O)(CO[C@H](C)Cn1cnc2c(N)ncnc21)NC(C)(C)C(=O)OC(C)C. The lowest BCUT2D eigenvalue weighted by Crippen LogP contribution is -2.50. The van der Waals surface area contributed by atoms with E-state index < -0.39 is 37.1 Å². The third kappa shape index (κ3) is 9.03. The molecule has 2 heterocycles. The Labute approximate surface area is 217 Å². The molecule has 3 atom stereocenters. The molecule has 0 unspecified atom stereocenters. The Morgan fingerprint density at radius 1 is 1.19 bits per heavy atom. The summed E-state index contributed by atoms with van der Waals surface area (Å²) in [7, 11) is -3.68. The second-order valence-electron chi connectivity index (χ2n) is 9.74. The minimum absolute atomic E-state index is 0.269. The summed E-state index contributed by atoms with van der Waals surface area (Å²) in [5.41, 5.74) is 5.54. The van der Waals surface area contributed by atoms with Crippen LogP contribution in [0.2, 0.25) is 0 Å². The Morgan fingerprint density at radius 3 is 2.54 bits per heavy atom. The van der Waals surface area contributed by atoms with Crippen LogP contribution in [0.1, 0.15) is 61.3 Å². The summed E-state index contributed by atoms with van der Waals surface area (Å²) in [5.74, 6) is -0.864. The number of hydrogen-bond donors (Lipinski definition) is 3. The van der Waals surface area contributed by atoms with Gasteiger partial charge in [0.1, 0.15) is 29.8 Å². The van der Waals surface area contributed by atoms with Gasteiger partial charge in [0.25, 0.3) is 0 Å². The molecule has 0 saturated carbocycles. The number of carbonyl (C=O) groups excluding carboxylic acids is 2. The van der Waals surface area contributed by atoms with Gasteiger partial charge in [-0.2, -0.15) is 0 Å². The molecular formula is C23H40N7O6P. The average Bonchev–Trinajstić information content (AvgIpc) is 3.21. The molecular weight excluding hydrogens is 501 g/mol. The van der Waals surface area contributed by atoms with Gasteiger partial charge in [-0.1, -0.05) is 13.3 Å². The number of nitrogens with zero attached hydrogens (tertiary/aromatic N) is 4. The quantitative estimate of drug-likeness (QED) is 0.171. The van der Waals surface area contributed by atoms with Crippen LogP contribution in [0.25, 0.3) is 11.2 Å². The Kier molecular flexibility index (Phi) is 11.0. The molecule has 0 spiro atoms. The second kappa shape index (κ2) is 13.3. The van der Waals surface area contributed by atoms with Crippen molar-refractivity contribution in [2.75, 3.05) is 18.7 Å². The first-order chi connectivity index (χ1) is 17.3. The summed E-state index contributed by atoms with van der Waals surface area (Å²) in [6.07, 6.45) is 3.41. The highest BCUT2D eigenvalue weighted by Gasteiger charge is 2.39. The Balaban J connectivity index is 2.15. The van der Waals surface area contributed by atoms with E-state index in [0.29, 0.717) is 17.7 Å². The lowest BCUT2D eigenvalue weighted by atomic mass is 10.1. The van der Waals surface area contributed by atoms with Crippen molar-refractivity contribution in [3.8, 4) is 0 Å². The van der Waals surface area contributed by atoms with Gasteiger partial charge >= 0.3 is 11.9 Å². The van der Waals surface area contributed by atoms with Crippen LogP contribution in [-0.4, -0.2) is 68.2 Å². The van der Waals surface area contributed by atoms with Crippen molar-refractivity contribution in [3.63, 3.8) is 0 Å². The van der Waals surface area contributed by atoms with Crippen molar-refractivity contribution < 1.29 is 28.4 Å². The number of ether oxygens (including phenoxy) is 3. The van der Waals surface area contributed by atoms with Gasteiger partial charge in [-0.25, -0.2) is 25.1 Å². The van der Waals surface area contributed by atoms with Crippen molar-refractivity contribution >= 4 is 36.4 Å². The first-order valence-electron chi connectivity index (χ1n) is 12.3. The van der Waals surface area contributed by atoms with E-state index in [2.05, 4.69) is 25.1 Å². The van der Waals surface area contributed by atoms with E-state index >= 15 is 0 Å². The fourth-order valence-corrected chi connectivity index (χ4v) is 5.76. The third-order valence-electron chi connectivity index (χ3n) is 5.24. The first-order valence-corrected chi connectivity index (χ1v) is 14.2. The fraction of sp³-hybridized carbons (Fsp3) is 0.696. The molecule has 14 heteroatoms. The summed E-state index contributed by atoms with van der Waals surface area (Å²) < 4.78 is 32.3. The largest absolute Gasteiger partial charge is 0.465 e. The predicted molar refractivity (Wildman–Crippen MR) is 140 cm³/mol. The van der Waals surface area contributed by atoms with E-state index in [1.807, 2.05) is 6.92 Å². The number of nitrogens with one attached hydrogen (secondary N) is 2. The number of rotatable bonds is 15. The van der Waals surface area contributed by atoms with Gasteiger partial charge in [0, 0.05) is 0 Å². The minimum atomic E-state index is -3.68. The summed E-state index contributed by atoms with van der Waals surface area (Å²) in [4.78, 5) is 37.5. The van der Waals surface area contributed by atoms with Crippen LogP contribution in [0.4, 0.5) is 5.82 Å². The molecule has 0 aliphatic rings. The molecule has 0 aliphatic carbocycles. The molecule has 2 aromatic rings. The monoisotopic (exact) mass is 541 g/mol. The lowest BCUT2D eigenvalue weighted by molar-refractivity contribution is -0.153. The molecule has 4 N–H and O–H groups in total. The molecule has 0 fully saturated rings. The highest BCUT2D eigenvalue weighted by molar-refractivity contribution is 7.59. The van der Waals surface area contributed by atoms with Crippen LogP contribution in [0.15, 0.2) is 12.7 Å². The number of imidazole rings is 1. The van der Waals surface area contributed by atoms with Gasteiger partial charge in [-0.05, 0) is 48.0 Å². The molecule has 0 saturated heterocycles. The zero-order valence-electron chi connectivity index (χ0n) is 22.7. The zero-order chi connectivity index (χ0) is 27.8. The number of carbonyl (C=O) groups is 2. The summed E-state index contributed by atoms with van der Waals surface area (Å²) in [6.45, 7) is 12.5. The van der Waals surface area contributed by atoms with Gasteiger partial charge in [-0.3, -0.25) is 14.2 Å². The molecule has 2 rings (SSSR count). The molecule has 0 radical (unpaired) electrons. The molecule has 208 valence electrons. The van der Waals surface area contributed by atoms with Crippen molar-refractivity contribution in [3.05, 3.63) is 12.7 Å². The van der Waals surface area contributed by atoms with Gasteiger partial charge in [-0.15, -0.1) is 0 Å². The van der Waals surface area contributed by atoms with Crippen LogP contribution in [0.5, 0.6) is 0 Å². The van der Waals surface area contributed by atoms with Crippen LogP contribution in [0.3, 0.4) is 0 Å². The summed E-state index contributed by atoms with van der Waals surface area (Å²) in [5, 5.41) is 5.68. The van der Waals surface area contributed by atoms with Crippen LogP contribution in [-0.2, 0) is 34.9 Å². The number of nitrogen functional groups attached to an aromatic ring is 1. The minimum Gasteiger partial charge on any atom is -0.465 e. The maximum absolute atomic E-state index is 14.0.